The Hall–Kier alpha value is -2.55. The highest BCUT2D eigenvalue weighted by Gasteiger charge is 2.28. The Morgan fingerprint density at radius 2 is 2.26 bits per heavy atom. The quantitative estimate of drug-likeness (QED) is 0.592. The smallest absolute Gasteiger partial charge is 0.326 e. The van der Waals surface area contributed by atoms with Crippen LogP contribution in [0.5, 0.6) is 0 Å². The maximum atomic E-state index is 13.3. The zero-order chi connectivity index (χ0) is 17.0. The van der Waals surface area contributed by atoms with Gasteiger partial charge < -0.3 is 15.2 Å². The number of benzene rings is 1. The van der Waals surface area contributed by atoms with Crippen molar-refractivity contribution < 1.29 is 28.7 Å². The average molecular weight is 326 g/mol. The summed E-state index contributed by atoms with van der Waals surface area (Å²) < 4.78 is 18.4. The Morgan fingerprint density at radius 1 is 1.52 bits per heavy atom. The van der Waals surface area contributed by atoms with Crippen molar-refractivity contribution in [2.45, 2.75) is 18.9 Å². The highest BCUT2D eigenvalue weighted by Crippen LogP contribution is 2.20. The maximum absolute atomic E-state index is 13.3. The fourth-order valence-corrected chi connectivity index (χ4v) is 2.29. The van der Waals surface area contributed by atoms with Crippen LogP contribution in [0.15, 0.2) is 18.2 Å². The second-order valence-electron chi connectivity index (χ2n) is 5.21. The molecule has 0 bridgehead atoms. The van der Waals surface area contributed by atoms with Crippen LogP contribution in [0.25, 0.3) is 0 Å². The minimum absolute atomic E-state index is 0.185. The molecule has 1 aromatic carbocycles. The molecule has 23 heavy (non-hydrogen) atoms. The van der Waals surface area contributed by atoms with Gasteiger partial charge in [0.2, 0.25) is 11.7 Å². The second-order valence-corrected chi connectivity index (χ2v) is 5.21. The summed E-state index contributed by atoms with van der Waals surface area (Å²) in [5.41, 5.74) is -0.490. The standard InChI is InChI=1S/C14H15FN2O6/c15-10-2-1-8(6-12(10)17(21)22)5-11(14(19)20)16-13(18)9-3-4-23-7-9/h1-2,6,9,11H,3-5,7H2,(H,16,18)(H,19,20)/t9-,11-/m0/s1. The van der Waals surface area contributed by atoms with Crippen LogP contribution in [0.4, 0.5) is 10.1 Å². The molecule has 0 radical (unpaired) electrons. The summed E-state index contributed by atoms with van der Waals surface area (Å²) in [4.78, 5) is 33.1. The molecule has 124 valence electrons. The first-order chi connectivity index (χ1) is 10.9. The number of carboxylic acids is 1. The van der Waals surface area contributed by atoms with Crippen molar-refractivity contribution in [3.8, 4) is 0 Å². The molecule has 0 unspecified atom stereocenters. The molecule has 1 aliphatic heterocycles. The van der Waals surface area contributed by atoms with E-state index in [9.17, 15) is 29.2 Å². The first-order valence-electron chi connectivity index (χ1n) is 6.92. The number of nitrogens with one attached hydrogen (secondary N) is 1. The van der Waals surface area contributed by atoms with E-state index in [1.54, 1.807) is 0 Å². The molecule has 0 spiro atoms. The third-order valence-electron chi connectivity index (χ3n) is 3.56. The predicted octanol–water partition coefficient (Wildman–Crippen LogP) is 0.882. The number of ether oxygens (including phenoxy) is 1. The van der Waals surface area contributed by atoms with Gasteiger partial charge in [-0.05, 0) is 18.1 Å². The van der Waals surface area contributed by atoms with E-state index in [-0.39, 0.29) is 18.6 Å². The van der Waals surface area contributed by atoms with Crippen molar-refractivity contribution in [1.82, 2.24) is 5.32 Å². The SMILES string of the molecule is O=C(N[C@@H](Cc1ccc(F)c([N+](=O)[O-])c1)C(=O)O)[C@H]1CCOC1. The molecular weight excluding hydrogens is 311 g/mol. The summed E-state index contributed by atoms with van der Waals surface area (Å²) in [6.07, 6.45) is 0.329. The maximum Gasteiger partial charge on any atom is 0.326 e. The molecule has 8 nitrogen and oxygen atoms in total. The van der Waals surface area contributed by atoms with Gasteiger partial charge in [0.1, 0.15) is 6.04 Å². The van der Waals surface area contributed by atoms with Crippen LogP contribution < -0.4 is 5.32 Å². The Labute approximate surface area is 130 Å². The van der Waals surface area contributed by atoms with E-state index in [1.165, 1.54) is 6.07 Å². The zero-order valence-corrected chi connectivity index (χ0v) is 12.0. The Balaban J connectivity index is 2.10. The summed E-state index contributed by atoms with van der Waals surface area (Å²) >= 11 is 0. The highest BCUT2D eigenvalue weighted by molar-refractivity contribution is 5.85. The van der Waals surface area contributed by atoms with Crippen molar-refractivity contribution in [2.75, 3.05) is 13.2 Å². The summed E-state index contributed by atoms with van der Waals surface area (Å²) in [5.74, 6) is -3.12. The van der Waals surface area contributed by atoms with E-state index in [0.29, 0.717) is 13.0 Å². The van der Waals surface area contributed by atoms with Gasteiger partial charge in [-0.25, -0.2) is 4.79 Å². The molecule has 2 N–H and O–H groups in total. The third kappa shape index (κ3) is 4.22. The largest absolute Gasteiger partial charge is 0.480 e. The number of aliphatic carboxylic acids is 1. The molecule has 0 saturated carbocycles. The summed E-state index contributed by atoms with van der Waals surface area (Å²) in [5, 5.41) is 22.3. The molecule has 1 heterocycles. The molecule has 0 aliphatic carbocycles. The van der Waals surface area contributed by atoms with Crippen LogP contribution in [0, 0.1) is 21.8 Å². The minimum atomic E-state index is -1.27. The monoisotopic (exact) mass is 326 g/mol. The minimum Gasteiger partial charge on any atom is -0.480 e. The van der Waals surface area contributed by atoms with Gasteiger partial charge in [-0.1, -0.05) is 6.07 Å². The summed E-state index contributed by atoms with van der Waals surface area (Å²) in [7, 11) is 0. The fourth-order valence-electron chi connectivity index (χ4n) is 2.29. The third-order valence-corrected chi connectivity index (χ3v) is 3.56. The van der Waals surface area contributed by atoms with Crippen molar-refractivity contribution in [3.63, 3.8) is 0 Å². The number of hydrogen-bond donors (Lipinski definition) is 2. The van der Waals surface area contributed by atoms with Crippen LogP contribution >= 0.6 is 0 Å². The number of carbonyl (C=O) groups is 2. The lowest BCUT2D eigenvalue weighted by molar-refractivity contribution is -0.387. The van der Waals surface area contributed by atoms with Gasteiger partial charge in [-0.2, -0.15) is 4.39 Å². The van der Waals surface area contributed by atoms with Crippen molar-refractivity contribution in [3.05, 3.63) is 39.7 Å². The summed E-state index contributed by atoms with van der Waals surface area (Å²) in [6, 6.07) is 1.87. The lowest BCUT2D eigenvalue weighted by Crippen LogP contribution is -2.45. The number of rotatable bonds is 6. The topological polar surface area (TPSA) is 119 Å². The Kier molecular flexibility index (Phi) is 5.22. The Morgan fingerprint density at radius 3 is 2.83 bits per heavy atom. The lowest BCUT2D eigenvalue weighted by Gasteiger charge is -2.17. The van der Waals surface area contributed by atoms with Crippen LogP contribution in [-0.4, -0.2) is 41.2 Å². The number of hydrogen-bond acceptors (Lipinski definition) is 5. The van der Waals surface area contributed by atoms with Gasteiger partial charge in [0, 0.05) is 19.1 Å². The molecular formula is C14H15FN2O6. The second kappa shape index (κ2) is 7.14. The first-order valence-corrected chi connectivity index (χ1v) is 6.92. The number of nitrogens with zero attached hydrogens (tertiary/aromatic N) is 1. The molecule has 2 rings (SSSR count). The predicted molar refractivity (Wildman–Crippen MR) is 75.3 cm³/mol. The first kappa shape index (κ1) is 16.8. The lowest BCUT2D eigenvalue weighted by atomic mass is 10.0. The van der Waals surface area contributed by atoms with Crippen LogP contribution in [0.2, 0.25) is 0 Å². The van der Waals surface area contributed by atoms with E-state index >= 15 is 0 Å². The van der Waals surface area contributed by atoms with E-state index in [0.717, 1.165) is 12.1 Å². The number of amides is 1. The molecule has 1 aliphatic rings. The molecule has 1 saturated heterocycles. The zero-order valence-electron chi connectivity index (χ0n) is 12.0. The number of nitro groups is 1. The molecule has 2 atom stereocenters. The molecule has 1 amide bonds. The van der Waals surface area contributed by atoms with Crippen molar-refractivity contribution in [1.29, 1.82) is 0 Å². The fraction of sp³-hybridized carbons (Fsp3) is 0.429. The number of nitro benzene ring substituents is 1. The number of carboxylic acid groups (broad SMARTS) is 1. The molecule has 1 aromatic rings. The van der Waals surface area contributed by atoms with Crippen LogP contribution in [-0.2, 0) is 20.7 Å². The van der Waals surface area contributed by atoms with Gasteiger partial charge in [-0.15, -0.1) is 0 Å². The van der Waals surface area contributed by atoms with E-state index in [2.05, 4.69) is 5.32 Å². The normalized spacial score (nSPS) is 18.4. The summed E-state index contributed by atoms with van der Waals surface area (Å²) in [6.45, 7) is 0.681. The van der Waals surface area contributed by atoms with Gasteiger partial charge >= 0.3 is 11.7 Å². The van der Waals surface area contributed by atoms with Gasteiger partial charge in [0.05, 0.1) is 17.4 Å². The van der Waals surface area contributed by atoms with Crippen LogP contribution in [0.1, 0.15) is 12.0 Å². The molecule has 9 heteroatoms. The molecule has 0 aromatic heterocycles. The van der Waals surface area contributed by atoms with Gasteiger partial charge in [0.25, 0.3) is 0 Å². The van der Waals surface area contributed by atoms with E-state index < -0.39 is 40.3 Å². The van der Waals surface area contributed by atoms with Crippen molar-refractivity contribution in [2.24, 2.45) is 5.92 Å². The number of carbonyl (C=O) groups excluding carboxylic acids is 1. The van der Waals surface area contributed by atoms with E-state index in [4.69, 9.17) is 4.74 Å². The van der Waals surface area contributed by atoms with Gasteiger partial charge in [0.15, 0.2) is 0 Å². The number of halogens is 1. The van der Waals surface area contributed by atoms with Crippen LogP contribution in [0.3, 0.4) is 0 Å². The average Bonchev–Trinajstić information content (AvgIpc) is 3.02. The highest BCUT2D eigenvalue weighted by atomic mass is 19.1. The van der Waals surface area contributed by atoms with Crippen molar-refractivity contribution >= 4 is 17.6 Å². The van der Waals surface area contributed by atoms with E-state index in [1.807, 2.05) is 0 Å². The molecule has 1 fully saturated rings. The Bertz CT molecular complexity index is 630. The van der Waals surface area contributed by atoms with Gasteiger partial charge in [-0.3, -0.25) is 14.9 Å².